The number of piperidine rings is 1. The molecule has 0 spiro atoms. The fourth-order valence-electron chi connectivity index (χ4n) is 2.59. The Hall–Kier alpha value is -1.88. The highest BCUT2D eigenvalue weighted by Crippen LogP contribution is 2.21. The van der Waals surface area contributed by atoms with E-state index in [1.165, 1.54) is 0 Å². The molecule has 1 aromatic carbocycles. The van der Waals surface area contributed by atoms with Crippen LogP contribution in [0.5, 0.6) is 0 Å². The predicted molar refractivity (Wildman–Crippen MR) is 78.5 cm³/mol. The maximum atomic E-state index is 12.1. The fourth-order valence-corrected chi connectivity index (χ4v) is 2.59. The number of primary amides is 1. The Morgan fingerprint density at radius 2 is 2.05 bits per heavy atom. The molecule has 4 N–H and O–H groups in total. The monoisotopic (exact) mass is 275 g/mol. The van der Waals surface area contributed by atoms with Crippen LogP contribution in [-0.2, 0) is 4.79 Å². The molecule has 1 aromatic rings. The molecule has 2 amide bonds. The van der Waals surface area contributed by atoms with E-state index in [0.29, 0.717) is 23.6 Å². The molecule has 1 heterocycles. The maximum Gasteiger partial charge on any atom is 0.249 e. The minimum atomic E-state index is -0.475. The first-order valence-electron chi connectivity index (χ1n) is 6.98. The largest absolute Gasteiger partial charge is 0.366 e. The molecule has 1 saturated heterocycles. The molecule has 0 atom stereocenters. The van der Waals surface area contributed by atoms with Crippen LogP contribution in [0, 0.1) is 12.8 Å². The molecule has 0 aromatic heterocycles. The van der Waals surface area contributed by atoms with Crippen molar-refractivity contribution in [1.82, 2.24) is 5.32 Å². The lowest BCUT2D eigenvalue weighted by Crippen LogP contribution is -2.30. The Morgan fingerprint density at radius 1 is 1.35 bits per heavy atom. The van der Waals surface area contributed by atoms with Gasteiger partial charge in [-0.15, -0.1) is 0 Å². The molecule has 0 unspecified atom stereocenters. The van der Waals surface area contributed by atoms with E-state index >= 15 is 0 Å². The lowest BCUT2D eigenvalue weighted by molar-refractivity contribution is -0.117. The van der Waals surface area contributed by atoms with Gasteiger partial charge >= 0.3 is 0 Å². The molecular formula is C15H21N3O2. The third-order valence-corrected chi connectivity index (χ3v) is 3.81. The number of benzene rings is 1. The summed E-state index contributed by atoms with van der Waals surface area (Å²) in [5, 5.41) is 6.17. The molecule has 0 aliphatic carbocycles. The quantitative estimate of drug-likeness (QED) is 0.777. The minimum absolute atomic E-state index is 0.00150. The fraction of sp³-hybridized carbons (Fsp3) is 0.467. The normalized spacial score (nSPS) is 15.8. The van der Waals surface area contributed by atoms with Gasteiger partial charge in [-0.2, -0.15) is 0 Å². The van der Waals surface area contributed by atoms with Gasteiger partial charge < -0.3 is 16.4 Å². The molecule has 1 fully saturated rings. The molecule has 20 heavy (non-hydrogen) atoms. The zero-order chi connectivity index (χ0) is 14.5. The Kier molecular flexibility index (Phi) is 4.74. The van der Waals surface area contributed by atoms with Crippen LogP contribution in [0.2, 0.25) is 0 Å². The summed E-state index contributed by atoms with van der Waals surface area (Å²) < 4.78 is 0. The van der Waals surface area contributed by atoms with Gasteiger partial charge in [0.25, 0.3) is 0 Å². The molecule has 0 radical (unpaired) electrons. The van der Waals surface area contributed by atoms with Crippen molar-refractivity contribution in [2.75, 3.05) is 18.4 Å². The number of nitrogens with two attached hydrogens (primary N) is 1. The van der Waals surface area contributed by atoms with Crippen LogP contribution in [0.15, 0.2) is 18.2 Å². The van der Waals surface area contributed by atoms with Crippen molar-refractivity contribution in [3.05, 3.63) is 29.3 Å². The van der Waals surface area contributed by atoms with Gasteiger partial charge in [0.1, 0.15) is 0 Å². The van der Waals surface area contributed by atoms with Gasteiger partial charge in [0, 0.05) is 17.7 Å². The molecule has 5 nitrogen and oxygen atoms in total. The van der Waals surface area contributed by atoms with Crippen LogP contribution in [-0.4, -0.2) is 24.9 Å². The standard InChI is InChI=1S/C15H21N3O2/c1-10-12(15(16)20)3-2-4-13(10)18-14(19)9-11-5-7-17-8-6-11/h2-4,11,17H,5-9H2,1H3,(H2,16,20)(H,18,19). The summed E-state index contributed by atoms with van der Waals surface area (Å²) in [6.45, 7) is 3.75. The van der Waals surface area contributed by atoms with Crippen LogP contribution < -0.4 is 16.4 Å². The maximum absolute atomic E-state index is 12.1. The Morgan fingerprint density at radius 3 is 2.70 bits per heavy atom. The number of anilines is 1. The third kappa shape index (κ3) is 3.57. The number of rotatable bonds is 4. The van der Waals surface area contributed by atoms with E-state index in [1.54, 1.807) is 25.1 Å². The average molecular weight is 275 g/mol. The second kappa shape index (κ2) is 6.52. The molecular weight excluding hydrogens is 254 g/mol. The Balaban J connectivity index is 2.00. The van der Waals surface area contributed by atoms with E-state index < -0.39 is 5.91 Å². The molecule has 5 heteroatoms. The number of nitrogens with one attached hydrogen (secondary N) is 2. The van der Waals surface area contributed by atoms with E-state index in [-0.39, 0.29) is 5.91 Å². The van der Waals surface area contributed by atoms with Gasteiger partial charge in [0.05, 0.1) is 0 Å². The smallest absolute Gasteiger partial charge is 0.249 e. The summed E-state index contributed by atoms with van der Waals surface area (Å²) in [7, 11) is 0. The van der Waals surface area contributed by atoms with Gasteiger partial charge in [-0.05, 0) is 56.5 Å². The topological polar surface area (TPSA) is 84.2 Å². The zero-order valence-electron chi connectivity index (χ0n) is 11.7. The van der Waals surface area contributed by atoms with E-state index in [0.717, 1.165) is 31.5 Å². The zero-order valence-corrected chi connectivity index (χ0v) is 11.7. The highest BCUT2D eigenvalue weighted by Gasteiger charge is 2.17. The first-order valence-corrected chi connectivity index (χ1v) is 6.98. The van der Waals surface area contributed by atoms with Crippen molar-refractivity contribution in [3.63, 3.8) is 0 Å². The van der Waals surface area contributed by atoms with Gasteiger partial charge in [-0.1, -0.05) is 6.07 Å². The Bertz CT molecular complexity index is 508. The first kappa shape index (κ1) is 14.5. The van der Waals surface area contributed by atoms with Gasteiger partial charge in [-0.3, -0.25) is 9.59 Å². The van der Waals surface area contributed by atoms with Crippen molar-refractivity contribution < 1.29 is 9.59 Å². The lowest BCUT2D eigenvalue weighted by atomic mass is 9.94. The van der Waals surface area contributed by atoms with Crippen LogP contribution in [0.4, 0.5) is 5.69 Å². The van der Waals surface area contributed by atoms with E-state index in [1.807, 2.05) is 0 Å². The van der Waals surface area contributed by atoms with E-state index in [9.17, 15) is 9.59 Å². The number of amides is 2. The van der Waals surface area contributed by atoms with Crippen molar-refractivity contribution in [2.45, 2.75) is 26.2 Å². The van der Waals surface area contributed by atoms with Crippen LogP contribution >= 0.6 is 0 Å². The van der Waals surface area contributed by atoms with Crippen LogP contribution in [0.3, 0.4) is 0 Å². The molecule has 0 bridgehead atoms. The molecule has 1 aliphatic rings. The second-order valence-corrected chi connectivity index (χ2v) is 5.29. The second-order valence-electron chi connectivity index (χ2n) is 5.29. The lowest BCUT2D eigenvalue weighted by Gasteiger charge is -2.22. The molecule has 2 rings (SSSR count). The average Bonchev–Trinajstić information content (AvgIpc) is 2.42. The van der Waals surface area contributed by atoms with Crippen molar-refractivity contribution in [1.29, 1.82) is 0 Å². The summed E-state index contributed by atoms with van der Waals surface area (Å²) in [5.41, 5.74) is 7.14. The number of hydrogen-bond donors (Lipinski definition) is 3. The van der Waals surface area contributed by atoms with Crippen LogP contribution in [0.1, 0.15) is 35.2 Å². The minimum Gasteiger partial charge on any atom is -0.366 e. The first-order chi connectivity index (χ1) is 9.58. The van der Waals surface area contributed by atoms with E-state index in [2.05, 4.69) is 10.6 Å². The SMILES string of the molecule is Cc1c(NC(=O)CC2CCNCC2)cccc1C(N)=O. The number of carbonyl (C=O) groups excluding carboxylic acids is 2. The van der Waals surface area contributed by atoms with Crippen molar-refractivity contribution >= 4 is 17.5 Å². The van der Waals surface area contributed by atoms with E-state index in [4.69, 9.17) is 5.73 Å². The summed E-state index contributed by atoms with van der Waals surface area (Å²) in [6, 6.07) is 5.19. The number of hydrogen-bond acceptors (Lipinski definition) is 3. The van der Waals surface area contributed by atoms with Gasteiger partial charge in [0.2, 0.25) is 11.8 Å². The summed E-state index contributed by atoms with van der Waals surface area (Å²) >= 11 is 0. The number of carbonyl (C=O) groups is 2. The molecule has 1 aliphatic heterocycles. The Labute approximate surface area is 118 Å². The summed E-state index contributed by atoms with van der Waals surface area (Å²) in [6.07, 6.45) is 2.60. The predicted octanol–water partition coefficient (Wildman–Crippen LogP) is 1.42. The van der Waals surface area contributed by atoms with Gasteiger partial charge in [0.15, 0.2) is 0 Å². The van der Waals surface area contributed by atoms with Gasteiger partial charge in [-0.25, -0.2) is 0 Å². The van der Waals surface area contributed by atoms with Crippen molar-refractivity contribution in [3.8, 4) is 0 Å². The molecule has 108 valence electrons. The highest BCUT2D eigenvalue weighted by atomic mass is 16.2. The third-order valence-electron chi connectivity index (χ3n) is 3.81. The summed E-state index contributed by atoms with van der Waals surface area (Å²) in [4.78, 5) is 23.3. The highest BCUT2D eigenvalue weighted by molar-refractivity contribution is 5.98. The van der Waals surface area contributed by atoms with Crippen LogP contribution in [0.25, 0.3) is 0 Å². The summed E-state index contributed by atoms with van der Waals surface area (Å²) in [5.74, 6) is -0.0329. The van der Waals surface area contributed by atoms with Crippen molar-refractivity contribution in [2.24, 2.45) is 11.7 Å². The molecule has 0 saturated carbocycles.